The topological polar surface area (TPSA) is 71.2 Å². The Bertz CT molecular complexity index is 923. The monoisotopic (exact) mass is 390 g/mol. The minimum atomic E-state index is 0.482. The van der Waals surface area contributed by atoms with Crippen molar-refractivity contribution in [3.05, 3.63) is 46.5 Å². The van der Waals surface area contributed by atoms with Crippen molar-refractivity contribution in [3.8, 4) is 11.5 Å². The minimum Gasteiger partial charge on any atom is -0.352 e. The van der Waals surface area contributed by atoms with Gasteiger partial charge in [0, 0.05) is 38.6 Å². The van der Waals surface area contributed by atoms with Crippen LogP contribution in [0.5, 0.6) is 0 Å². The highest BCUT2D eigenvalue weighted by molar-refractivity contribution is 6.36. The lowest BCUT2D eigenvalue weighted by atomic mass is 10.2. The van der Waals surface area contributed by atoms with Crippen LogP contribution >= 0.6 is 23.2 Å². The molecule has 134 valence electrons. The highest BCUT2D eigenvalue weighted by Crippen LogP contribution is 2.30. The normalized spacial score (nSPS) is 14.7. The lowest BCUT2D eigenvalue weighted by Crippen LogP contribution is -2.47. The molecule has 1 aliphatic heterocycles. The van der Waals surface area contributed by atoms with Crippen LogP contribution in [0.15, 0.2) is 35.1 Å². The molecule has 3 aromatic rings. The number of rotatable bonds is 3. The van der Waals surface area contributed by atoms with Crippen molar-refractivity contribution in [2.45, 2.75) is 6.92 Å². The Kier molecular flexibility index (Phi) is 4.65. The standard InChI is InChI=1S/C17H16Cl2N6O/c1-11-22-17(26-23-11)13-3-2-4-20-15(13)24-5-7-25(8-6-24)16-14(19)9-12(18)10-21-16/h2-4,9-10H,5-8H2,1H3. The fourth-order valence-electron chi connectivity index (χ4n) is 2.99. The van der Waals surface area contributed by atoms with Gasteiger partial charge < -0.3 is 14.3 Å². The summed E-state index contributed by atoms with van der Waals surface area (Å²) in [6.45, 7) is 4.89. The first-order chi connectivity index (χ1) is 12.6. The number of piperazine rings is 1. The molecule has 0 atom stereocenters. The molecule has 1 aliphatic rings. The lowest BCUT2D eigenvalue weighted by Gasteiger charge is -2.36. The third-order valence-electron chi connectivity index (χ3n) is 4.21. The molecule has 0 spiro atoms. The fourth-order valence-corrected chi connectivity index (χ4v) is 3.49. The molecule has 1 saturated heterocycles. The molecule has 0 unspecified atom stereocenters. The maximum absolute atomic E-state index is 6.28. The van der Waals surface area contributed by atoms with Crippen molar-refractivity contribution >= 4 is 34.8 Å². The van der Waals surface area contributed by atoms with Crippen LogP contribution in [-0.4, -0.2) is 46.3 Å². The summed E-state index contributed by atoms with van der Waals surface area (Å²) in [5.74, 6) is 2.67. The van der Waals surface area contributed by atoms with Crippen LogP contribution in [0, 0.1) is 6.92 Å². The van der Waals surface area contributed by atoms with Crippen molar-refractivity contribution in [1.29, 1.82) is 0 Å². The molecule has 26 heavy (non-hydrogen) atoms. The summed E-state index contributed by atoms with van der Waals surface area (Å²) in [7, 11) is 0. The summed E-state index contributed by atoms with van der Waals surface area (Å²) in [5.41, 5.74) is 0.837. The van der Waals surface area contributed by atoms with E-state index in [4.69, 9.17) is 27.7 Å². The van der Waals surface area contributed by atoms with Gasteiger partial charge in [-0.05, 0) is 25.1 Å². The van der Waals surface area contributed by atoms with E-state index in [9.17, 15) is 0 Å². The second-order valence-corrected chi connectivity index (χ2v) is 6.80. The van der Waals surface area contributed by atoms with E-state index in [1.165, 1.54) is 0 Å². The summed E-state index contributed by atoms with van der Waals surface area (Å²) in [5, 5.41) is 4.97. The molecule has 0 N–H and O–H groups in total. The second kappa shape index (κ2) is 7.09. The number of pyridine rings is 2. The van der Waals surface area contributed by atoms with Crippen LogP contribution < -0.4 is 9.80 Å². The number of aryl methyl sites for hydroxylation is 1. The van der Waals surface area contributed by atoms with Crippen LogP contribution in [0.4, 0.5) is 11.6 Å². The maximum Gasteiger partial charge on any atom is 0.261 e. The molecule has 0 saturated carbocycles. The third-order valence-corrected chi connectivity index (χ3v) is 4.70. The Morgan fingerprint density at radius 1 is 1.04 bits per heavy atom. The minimum absolute atomic E-state index is 0.482. The van der Waals surface area contributed by atoms with Crippen LogP contribution in [0.2, 0.25) is 10.0 Å². The summed E-state index contributed by atoms with van der Waals surface area (Å²) in [6.07, 6.45) is 3.38. The van der Waals surface area contributed by atoms with Gasteiger partial charge in [-0.15, -0.1) is 0 Å². The molecule has 0 bridgehead atoms. The Labute approximate surface area is 160 Å². The van der Waals surface area contributed by atoms with E-state index in [0.29, 0.717) is 21.8 Å². The average Bonchev–Trinajstić information content (AvgIpc) is 3.08. The molecular formula is C17H16Cl2N6O. The molecule has 1 fully saturated rings. The van der Waals surface area contributed by atoms with Crippen LogP contribution in [-0.2, 0) is 0 Å². The molecular weight excluding hydrogens is 375 g/mol. The van der Waals surface area contributed by atoms with E-state index < -0.39 is 0 Å². The summed E-state index contributed by atoms with van der Waals surface area (Å²) in [6, 6.07) is 5.53. The van der Waals surface area contributed by atoms with E-state index in [2.05, 4.69) is 29.9 Å². The molecule has 4 rings (SSSR count). The average molecular weight is 391 g/mol. The second-order valence-electron chi connectivity index (χ2n) is 5.95. The Morgan fingerprint density at radius 2 is 1.77 bits per heavy atom. The predicted octanol–water partition coefficient (Wildman–Crippen LogP) is 3.47. The molecule has 0 aliphatic carbocycles. The quantitative estimate of drug-likeness (QED) is 0.677. The maximum atomic E-state index is 6.28. The number of halogens is 2. The van der Waals surface area contributed by atoms with E-state index in [0.717, 1.165) is 43.4 Å². The number of anilines is 2. The van der Waals surface area contributed by atoms with Gasteiger partial charge in [0.1, 0.15) is 11.6 Å². The Balaban J connectivity index is 1.54. The zero-order valence-corrected chi connectivity index (χ0v) is 15.6. The number of hydrogen-bond acceptors (Lipinski definition) is 7. The van der Waals surface area contributed by atoms with Gasteiger partial charge in [0.25, 0.3) is 5.89 Å². The Hall–Kier alpha value is -2.38. The number of aromatic nitrogens is 4. The number of hydrogen-bond donors (Lipinski definition) is 0. The van der Waals surface area contributed by atoms with Crippen LogP contribution in [0.25, 0.3) is 11.5 Å². The molecule has 9 heteroatoms. The summed E-state index contributed by atoms with van der Waals surface area (Å²) in [4.78, 5) is 17.6. The van der Waals surface area contributed by atoms with Crippen molar-refractivity contribution in [3.63, 3.8) is 0 Å². The first-order valence-electron chi connectivity index (χ1n) is 8.18. The molecule has 0 aromatic carbocycles. The zero-order valence-electron chi connectivity index (χ0n) is 14.1. The van der Waals surface area contributed by atoms with Crippen LogP contribution in [0.3, 0.4) is 0 Å². The van der Waals surface area contributed by atoms with Gasteiger partial charge in [0.2, 0.25) is 0 Å². The molecule has 4 heterocycles. The predicted molar refractivity (Wildman–Crippen MR) is 101 cm³/mol. The van der Waals surface area contributed by atoms with Gasteiger partial charge in [-0.1, -0.05) is 28.4 Å². The van der Waals surface area contributed by atoms with Crippen LogP contribution in [0.1, 0.15) is 5.82 Å². The van der Waals surface area contributed by atoms with E-state index in [-0.39, 0.29) is 0 Å². The van der Waals surface area contributed by atoms with E-state index in [1.807, 2.05) is 12.1 Å². The molecule has 7 nitrogen and oxygen atoms in total. The molecule has 3 aromatic heterocycles. The molecule has 0 amide bonds. The SMILES string of the molecule is Cc1noc(-c2cccnc2N2CCN(c3ncc(Cl)cc3Cl)CC2)n1. The molecule has 0 radical (unpaired) electrons. The first kappa shape index (κ1) is 17.1. The lowest BCUT2D eigenvalue weighted by molar-refractivity contribution is 0.425. The fraction of sp³-hybridized carbons (Fsp3) is 0.294. The van der Waals surface area contributed by atoms with Gasteiger partial charge in [-0.25, -0.2) is 9.97 Å². The van der Waals surface area contributed by atoms with Crippen molar-refractivity contribution in [2.75, 3.05) is 36.0 Å². The highest BCUT2D eigenvalue weighted by atomic mass is 35.5. The first-order valence-corrected chi connectivity index (χ1v) is 8.94. The summed E-state index contributed by atoms with van der Waals surface area (Å²) >= 11 is 12.2. The van der Waals surface area contributed by atoms with Crippen molar-refractivity contribution in [1.82, 2.24) is 20.1 Å². The van der Waals surface area contributed by atoms with Crippen molar-refractivity contribution < 1.29 is 4.52 Å². The van der Waals surface area contributed by atoms with Gasteiger partial charge in [0.05, 0.1) is 15.6 Å². The summed E-state index contributed by atoms with van der Waals surface area (Å²) < 4.78 is 5.32. The van der Waals surface area contributed by atoms with E-state index >= 15 is 0 Å². The number of nitrogens with zero attached hydrogens (tertiary/aromatic N) is 6. The Morgan fingerprint density at radius 3 is 2.42 bits per heavy atom. The third kappa shape index (κ3) is 3.32. The smallest absolute Gasteiger partial charge is 0.261 e. The van der Waals surface area contributed by atoms with E-state index in [1.54, 1.807) is 25.4 Å². The van der Waals surface area contributed by atoms with Crippen molar-refractivity contribution in [2.24, 2.45) is 0 Å². The zero-order chi connectivity index (χ0) is 18.1. The van der Waals surface area contributed by atoms with Gasteiger partial charge in [-0.2, -0.15) is 4.98 Å². The van der Waals surface area contributed by atoms with Gasteiger partial charge in [-0.3, -0.25) is 0 Å². The largest absolute Gasteiger partial charge is 0.352 e. The van der Waals surface area contributed by atoms with Gasteiger partial charge in [0.15, 0.2) is 5.82 Å². The van der Waals surface area contributed by atoms with Gasteiger partial charge >= 0.3 is 0 Å². The highest BCUT2D eigenvalue weighted by Gasteiger charge is 2.24.